The van der Waals surface area contributed by atoms with Crippen LogP contribution in [0.5, 0.6) is 0 Å². The van der Waals surface area contributed by atoms with Gasteiger partial charge in [-0.3, -0.25) is 19.3 Å². The van der Waals surface area contributed by atoms with Crippen molar-refractivity contribution in [2.24, 2.45) is 0 Å². The second kappa shape index (κ2) is 9.55. The summed E-state index contributed by atoms with van der Waals surface area (Å²) in [6.07, 6.45) is 0.0369. The summed E-state index contributed by atoms with van der Waals surface area (Å²) >= 11 is 7.54. The number of hydrogen-bond donors (Lipinski definition) is 2. The van der Waals surface area contributed by atoms with Crippen molar-refractivity contribution in [3.05, 3.63) is 26.3 Å². The van der Waals surface area contributed by atoms with Gasteiger partial charge >= 0.3 is 35.5 Å². The maximum absolute atomic E-state index is 12.4. The van der Waals surface area contributed by atoms with Crippen molar-refractivity contribution in [2.75, 3.05) is 12.4 Å². The predicted octanol–water partition coefficient (Wildman–Crippen LogP) is -3.68. The van der Waals surface area contributed by atoms with Crippen molar-refractivity contribution in [1.82, 2.24) is 15.2 Å². The first-order valence-corrected chi connectivity index (χ1v) is 10.1. The van der Waals surface area contributed by atoms with E-state index in [4.69, 9.17) is 17.0 Å². The predicted molar refractivity (Wildman–Crippen MR) is 96.9 cm³/mol. The number of carbonyl (C=O) groups is 4. The number of carbonyl (C=O) groups excluding carboxylic acids is 4. The molecule has 2 aliphatic heterocycles. The van der Waals surface area contributed by atoms with Gasteiger partial charge in [-0.25, -0.2) is 0 Å². The van der Waals surface area contributed by atoms with Gasteiger partial charge in [0.2, 0.25) is 5.91 Å². The molecule has 2 amide bonds. The number of aliphatic carboxylic acids is 1. The minimum atomic E-state index is -1.52. The summed E-state index contributed by atoms with van der Waals surface area (Å²) < 4.78 is 5.40. The number of esters is 1. The molecule has 2 atom stereocenters. The molecule has 1 saturated heterocycles. The summed E-state index contributed by atoms with van der Waals surface area (Å²) in [6.45, 7) is 0.981. The molecule has 1 aromatic rings. The molecular weight excluding hydrogens is 437 g/mol. The van der Waals surface area contributed by atoms with Gasteiger partial charge in [-0.2, -0.15) is 0 Å². The fourth-order valence-corrected chi connectivity index (χ4v) is 4.95. The van der Waals surface area contributed by atoms with Crippen LogP contribution < -0.4 is 40.0 Å². The fraction of sp³-hybridized carbons (Fsp3) is 0.400. The van der Waals surface area contributed by atoms with Crippen molar-refractivity contribution in [1.29, 1.82) is 0 Å². The van der Waals surface area contributed by atoms with E-state index in [1.54, 1.807) is 5.38 Å². The molecule has 0 aromatic carbocycles. The Morgan fingerprint density at radius 3 is 2.75 bits per heavy atom. The number of thiazole rings is 1. The number of aromatic nitrogens is 1. The Hall–Kier alpha value is -1.18. The Bertz CT molecular complexity index is 911. The average Bonchev–Trinajstić information content (AvgIpc) is 3.01. The van der Waals surface area contributed by atoms with E-state index in [1.165, 1.54) is 30.0 Å². The number of fused-ring (bicyclic) bond motifs is 1. The van der Waals surface area contributed by atoms with Crippen LogP contribution in [0.2, 0.25) is 0 Å². The first-order valence-electron chi connectivity index (χ1n) is 7.75. The number of nitrogens with zero attached hydrogens (tertiary/aromatic N) is 1. The zero-order valence-electron chi connectivity index (χ0n) is 15.0. The topological polar surface area (TPSA) is 132 Å². The van der Waals surface area contributed by atoms with E-state index in [2.05, 4.69) is 10.3 Å². The Morgan fingerprint density at radius 1 is 1.46 bits per heavy atom. The smallest absolute Gasteiger partial charge is 0.543 e. The number of carboxylic acid groups (broad SMARTS) is 1. The standard InChI is InChI=1S/C15H15N3O6S3.Na/c1-6(19)24-3-7-4-26-13-10(12(21)18(13)11(7)14(22)23)17-9(20)2-8-5-27-15(25)16-8;/h5,10,13H,2-4H2,1H3,(H,16,25)(H,17,20)(H,22,23);/q;+1/p-1/t10?,13-;/m0./s1. The molecule has 144 valence electrons. The van der Waals surface area contributed by atoms with Crippen LogP contribution in [-0.2, 0) is 30.3 Å². The van der Waals surface area contributed by atoms with Gasteiger partial charge in [0.25, 0.3) is 5.91 Å². The summed E-state index contributed by atoms with van der Waals surface area (Å²) in [5.74, 6) is -2.75. The molecule has 0 saturated carbocycles. The molecule has 3 heterocycles. The van der Waals surface area contributed by atoms with E-state index < -0.39 is 29.3 Å². The summed E-state index contributed by atoms with van der Waals surface area (Å²) in [5, 5.41) is 15.3. The van der Waals surface area contributed by atoms with E-state index >= 15 is 0 Å². The van der Waals surface area contributed by atoms with Crippen molar-refractivity contribution < 1.29 is 58.6 Å². The van der Waals surface area contributed by atoms with Crippen LogP contribution >= 0.6 is 35.3 Å². The van der Waals surface area contributed by atoms with Gasteiger partial charge in [-0.15, -0.1) is 23.1 Å². The van der Waals surface area contributed by atoms with Crippen molar-refractivity contribution in [3.8, 4) is 0 Å². The fourth-order valence-electron chi connectivity index (χ4n) is 2.77. The van der Waals surface area contributed by atoms with Crippen molar-refractivity contribution in [3.63, 3.8) is 0 Å². The van der Waals surface area contributed by atoms with Gasteiger partial charge in [-0.05, 0) is 12.2 Å². The first-order chi connectivity index (χ1) is 12.8. The Morgan fingerprint density at radius 2 is 2.18 bits per heavy atom. The number of rotatable bonds is 6. The number of ether oxygens (including phenoxy) is 1. The average molecular weight is 451 g/mol. The maximum Gasteiger partial charge on any atom is 1.00 e. The van der Waals surface area contributed by atoms with Crippen LogP contribution in [0.3, 0.4) is 0 Å². The zero-order chi connectivity index (χ0) is 19.7. The van der Waals surface area contributed by atoms with E-state index in [-0.39, 0.29) is 65.5 Å². The number of nitrogens with one attached hydrogen (secondary N) is 2. The summed E-state index contributed by atoms with van der Waals surface area (Å²) in [5.41, 5.74) is 0.634. The van der Waals surface area contributed by atoms with Gasteiger partial charge < -0.3 is 24.9 Å². The molecule has 3 rings (SSSR count). The van der Waals surface area contributed by atoms with E-state index in [0.717, 1.165) is 4.90 Å². The van der Waals surface area contributed by atoms with E-state index in [9.17, 15) is 24.3 Å². The van der Waals surface area contributed by atoms with Crippen LogP contribution in [0, 0.1) is 3.95 Å². The van der Waals surface area contributed by atoms with Gasteiger partial charge in [0.05, 0.1) is 18.1 Å². The molecule has 9 nitrogen and oxygen atoms in total. The minimum absolute atomic E-state index is 0. The normalized spacial score (nSPS) is 20.6. The largest absolute Gasteiger partial charge is 1.00 e. The monoisotopic (exact) mass is 451 g/mol. The number of carboxylic acids is 1. The molecule has 1 aromatic heterocycles. The summed E-state index contributed by atoms with van der Waals surface area (Å²) in [6, 6.07) is -0.825. The summed E-state index contributed by atoms with van der Waals surface area (Å²) in [7, 11) is 0. The van der Waals surface area contributed by atoms with Crippen molar-refractivity contribution in [2.45, 2.75) is 24.8 Å². The Labute approximate surface area is 195 Å². The molecule has 0 spiro atoms. The molecule has 13 heteroatoms. The first kappa shape index (κ1) is 23.1. The number of thioether (sulfide) groups is 1. The van der Waals surface area contributed by atoms with Crippen LogP contribution in [-0.4, -0.2) is 57.4 Å². The molecule has 0 radical (unpaired) electrons. The minimum Gasteiger partial charge on any atom is -0.543 e. The Balaban J connectivity index is 0.00000280. The second-order valence-electron chi connectivity index (χ2n) is 5.83. The third-order valence-electron chi connectivity index (χ3n) is 3.93. The van der Waals surface area contributed by atoms with Crippen LogP contribution in [0.4, 0.5) is 0 Å². The molecule has 0 bridgehead atoms. The molecule has 2 N–H and O–H groups in total. The van der Waals surface area contributed by atoms with E-state index in [0.29, 0.717) is 9.65 Å². The quantitative estimate of drug-likeness (QED) is 0.196. The number of hydrogen-bond acceptors (Lipinski definition) is 9. The third-order valence-corrected chi connectivity index (χ3v) is 6.38. The molecule has 2 aliphatic rings. The van der Waals surface area contributed by atoms with Gasteiger partial charge in [0.15, 0.2) is 3.95 Å². The molecular formula is C15H14N3NaO6S3. The summed E-state index contributed by atoms with van der Waals surface area (Å²) in [4.78, 5) is 51.0. The van der Waals surface area contributed by atoms with Crippen LogP contribution in [0.15, 0.2) is 16.7 Å². The number of amides is 2. The van der Waals surface area contributed by atoms with E-state index in [1.807, 2.05) is 0 Å². The van der Waals surface area contributed by atoms with Gasteiger partial charge in [-0.1, -0.05) is 0 Å². The second-order valence-corrected chi connectivity index (χ2v) is 8.48. The number of β-lactam (4-membered cyclic amide) rings is 1. The van der Waals surface area contributed by atoms with Crippen molar-refractivity contribution >= 4 is 59.1 Å². The maximum atomic E-state index is 12.4. The zero-order valence-corrected chi connectivity index (χ0v) is 19.4. The third kappa shape index (κ3) is 4.86. The van der Waals surface area contributed by atoms with Gasteiger partial charge in [0.1, 0.15) is 18.0 Å². The number of aromatic amines is 1. The van der Waals surface area contributed by atoms with Crippen LogP contribution in [0.25, 0.3) is 0 Å². The SMILES string of the molecule is CC(=O)OCC1=C(C(=O)[O-])N2C(=O)C(NC(=O)Cc3csc(=S)[nH]3)[C@@H]2SC1.[Na+]. The van der Waals surface area contributed by atoms with Crippen LogP contribution in [0.1, 0.15) is 12.6 Å². The number of H-pyrrole nitrogens is 1. The molecule has 28 heavy (non-hydrogen) atoms. The Kier molecular flexibility index (Phi) is 7.88. The molecule has 1 fully saturated rings. The molecule has 0 aliphatic carbocycles. The van der Waals surface area contributed by atoms with Gasteiger partial charge in [0, 0.05) is 29.3 Å². The molecule has 1 unspecified atom stereocenters.